The predicted molar refractivity (Wildman–Crippen MR) is 102 cm³/mol. The third-order valence-corrected chi connectivity index (χ3v) is 4.03. The molecule has 1 amide bonds. The van der Waals surface area contributed by atoms with Crippen molar-refractivity contribution in [2.75, 3.05) is 0 Å². The lowest BCUT2D eigenvalue weighted by Crippen LogP contribution is -2.22. The first-order valence-electron chi connectivity index (χ1n) is 8.47. The Labute approximate surface area is 168 Å². The number of H-pyrrole nitrogens is 1. The van der Waals surface area contributed by atoms with E-state index in [0.29, 0.717) is 18.8 Å². The van der Waals surface area contributed by atoms with Crippen molar-refractivity contribution in [3.8, 4) is 22.5 Å². The van der Waals surface area contributed by atoms with E-state index in [1.165, 1.54) is 0 Å². The van der Waals surface area contributed by atoms with Crippen LogP contribution in [0.25, 0.3) is 22.5 Å². The number of benzene rings is 2. The van der Waals surface area contributed by atoms with Crippen molar-refractivity contribution in [2.45, 2.75) is 32.7 Å². The third-order valence-electron chi connectivity index (χ3n) is 4.03. The van der Waals surface area contributed by atoms with Gasteiger partial charge in [0.05, 0.1) is 0 Å². The van der Waals surface area contributed by atoms with Gasteiger partial charge >= 0.3 is 0 Å². The van der Waals surface area contributed by atoms with Crippen LogP contribution in [0.1, 0.15) is 31.7 Å². The molecule has 0 fully saturated rings. The fourth-order valence-electron chi connectivity index (χ4n) is 2.63. The molecule has 0 unspecified atom stereocenters. The highest BCUT2D eigenvalue weighted by Crippen LogP contribution is 2.29. The lowest BCUT2D eigenvalue weighted by atomic mass is 9.98. The normalized spacial score (nSPS) is 10.2. The topological polar surface area (TPSA) is 83.6 Å². The van der Waals surface area contributed by atoms with E-state index >= 15 is 0 Å². The molecular formula is C19H21MgN5O. The minimum Gasteiger partial charge on any atom is -0.352 e. The second-order valence-corrected chi connectivity index (χ2v) is 5.86. The van der Waals surface area contributed by atoms with Gasteiger partial charge in [-0.25, -0.2) is 0 Å². The molecule has 26 heavy (non-hydrogen) atoms. The van der Waals surface area contributed by atoms with Crippen molar-refractivity contribution < 1.29 is 4.79 Å². The largest absolute Gasteiger partial charge is 0.352 e. The number of aromatic amines is 1. The Morgan fingerprint density at radius 3 is 2.46 bits per heavy atom. The molecule has 2 N–H and O–H groups in total. The molecule has 0 aliphatic carbocycles. The summed E-state index contributed by atoms with van der Waals surface area (Å²) in [4.78, 5) is 11.7. The van der Waals surface area contributed by atoms with E-state index in [9.17, 15) is 4.79 Å². The van der Waals surface area contributed by atoms with Gasteiger partial charge in [0.25, 0.3) is 0 Å². The second kappa shape index (κ2) is 10.0. The number of rotatable bonds is 7. The number of hydrogen-bond acceptors (Lipinski definition) is 4. The maximum atomic E-state index is 11.7. The zero-order chi connectivity index (χ0) is 17.5. The Balaban J connectivity index is 0.00000243. The summed E-state index contributed by atoms with van der Waals surface area (Å²) in [5.74, 6) is 0.677. The summed E-state index contributed by atoms with van der Waals surface area (Å²) in [5, 5.41) is 17.2. The lowest BCUT2D eigenvalue weighted by Gasteiger charge is -2.09. The van der Waals surface area contributed by atoms with Gasteiger partial charge in [0, 0.05) is 41.6 Å². The Hall–Kier alpha value is -2.25. The maximum Gasteiger partial charge on any atom is 0.220 e. The van der Waals surface area contributed by atoms with Gasteiger partial charge in [-0.2, -0.15) is 5.21 Å². The highest BCUT2D eigenvalue weighted by atomic mass is 24.3. The minimum absolute atomic E-state index is 0. The van der Waals surface area contributed by atoms with E-state index < -0.39 is 0 Å². The van der Waals surface area contributed by atoms with E-state index in [1.807, 2.05) is 48.5 Å². The molecule has 0 bridgehead atoms. The number of amides is 1. The minimum atomic E-state index is 0. The zero-order valence-electron chi connectivity index (χ0n) is 14.9. The van der Waals surface area contributed by atoms with Crippen LogP contribution in [0, 0.1) is 0 Å². The fourth-order valence-corrected chi connectivity index (χ4v) is 2.63. The molecule has 7 heteroatoms. The van der Waals surface area contributed by atoms with Crippen molar-refractivity contribution in [3.63, 3.8) is 0 Å². The fraction of sp³-hybridized carbons (Fsp3) is 0.263. The molecule has 0 aliphatic rings. The number of aromatic nitrogens is 4. The summed E-state index contributed by atoms with van der Waals surface area (Å²) in [7, 11) is 0. The quantitative estimate of drug-likeness (QED) is 0.635. The van der Waals surface area contributed by atoms with Gasteiger partial charge in [-0.05, 0) is 28.3 Å². The molecule has 0 spiro atoms. The van der Waals surface area contributed by atoms with Gasteiger partial charge in [-0.3, -0.25) is 4.79 Å². The molecule has 1 aromatic heterocycles. The van der Waals surface area contributed by atoms with Crippen LogP contribution < -0.4 is 5.32 Å². The number of carbonyl (C=O) groups is 1. The van der Waals surface area contributed by atoms with E-state index in [1.54, 1.807) is 0 Å². The first kappa shape index (κ1) is 20.1. The van der Waals surface area contributed by atoms with Crippen LogP contribution in [0.5, 0.6) is 0 Å². The average Bonchev–Trinajstić information content (AvgIpc) is 3.20. The van der Waals surface area contributed by atoms with Crippen LogP contribution in [0.4, 0.5) is 0 Å². The van der Waals surface area contributed by atoms with Gasteiger partial charge in [0.2, 0.25) is 11.7 Å². The van der Waals surface area contributed by atoms with Gasteiger partial charge in [-0.15, -0.1) is 10.2 Å². The van der Waals surface area contributed by atoms with Gasteiger partial charge in [0.1, 0.15) is 0 Å². The molecule has 2 aromatic carbocycles. The molecule has 0 aliphatic heterocycles. The second-order valence-electron chi connectivity index (χ2n) is 5.86. The Morgan fingerprint density at radius 2 is 1.81 bits per heavy atom. The van der Waals surface area contributed by atoms with Crippen molar-refractivity contribution in [1.82, 2.24) is 25.9 Å². The first-order chi connectivity index (χ1) is 12.3. The van der Waals surface area contributed by atoms with Crippen LogP contribution in [-0.2, 0) is 11.3 Å². The molecule has 3 rings (SSSR count). The summed E-state index contributed by atoms with van der Waals surface area (Å²) < 4.78 is 0. The molecule has 6 nitrogen and oxygen atoms in total. The number of nitrogens with zero attached hydrogens (tertiary/aromatic N) is 3. The summed E-state index contributed by atoms with van der Waals surface area (Å²) in [6.07, 6.45) is 2.55. The molecule has 130 valence electrons. The monoisotopic (exact) mass is 359 g/mol. The highest BCUT2D eigenvalue weighted by Gasteiger charge is 2.10. The zero-order valence-corrected chi connectivity index (χ0v) is 16.3. The number of nitrogens with one attached hydrogen (secondary N) is 2. The van der Waals surface area contributed by atoms with Crippen molar-refractivity contribution in [2.24, 2.45) is 0 Å². The van der Waals surface area contributed by atoms with E-state index in [2.05, 4.69) is 32.9 Å². The summed E-state index contributed by atoms with van der Waals surface area (Å²) in [6, 6.07) is 16.1. The van der Waals surface area contributed by atoms with Gasteiger partial charge in [0.15, 0.2) is 0 Å². The summed E-state index contributed by atoms with van der Waals surface area (Å²) in [6.45, 7) is 2.63. The van der Waals surface area contributed by atoms with Crippen LogP contribution in [0.2, 0.25) is 0 Å². The number of tetrazole rings is 1. The molecule has 2 radical (unpaired) electrons. The van der Waals surface area contributed by atoms with E-state index in [-0.39, 0.29) is 29.0 Å². The Bertz CT molecular complexity index is 818. The third kappa shape index (κ3) is 5.12. The smallest absolute Gasteiger partial charge is 0.220 e. The molecule has 0 atom stereocenters. The molecule has 1 heterocycles. The lowest BCUT2D eigenvalue weighted by molar-refractivity contribution is -0.121. The predicted octanol–water partition coefficient (Wildman–Crippen LogP) is 2.96. The molecule has 0 saturated heterocycles. The average molecular weight is 360 g/mol. The van der Waals surface area contributed by atoms with Crippen molar-refractivity contribution in [3.05, 3.63) is 54.1 Å². The summed E-state index contributed by atoms with van der Waals surface area (Å²) >= 11 is 0. The van der Waals surface area contributed by atoms with Crippen LogP contribution >= 0.6 is 0 Å². The van der Waals surface area contributed by atoms with Crippen LogP contribution in [0.15, 0.2) is 48.5 Å². The van der Waals surface area contributed by atoms with Crippen molar-refractivity contribution >= 4 is 29.0 Å². The number of hydrogen-bond donors (Lipinski definition) is 2. The molecule has 0 saturated carbocycles. The van der Waals surface area contributed by atoms with E-state index in [4.69, 9.17) is 0 Å². The standard InChI is InChI=1S/C19H21N5O.Mg/c1-2-3-8-18(25)20-13-14-9-11-15(12-10-14)16-6-4-5-7-17(16)19-21-23-24-22-19;/h4-7,9-12H,2-3,8,13H2,1H3,(H,20,25)(H,21,22,23,24);. The Morgan fingerprint density at radius 1 is 1.08 bits per heavy atom. The molecular weight excluding hydrogens is 339 g/mol. The van der Waals surface area contributed by atoms with Crippen molar-refractivity contribution in [1.29, 1.82) is 0 Å². The van der Waals surface area contributed by atoms with Gasteiger partial charge in [-0.1, -0.05) is 61.9 Å². The Kier molecular flexibility index (Phi) is 7.74. The maximum absolute atomic E-state index is 11.7. The highest BCUT2D eigenvalue weighted by molar-refractivity contribution is 5.80. The number of unbranched alkanes of at least 4 members (excludes halogenated alkanes) is 1. The molecule has 3 aromatic rings. The van der Waals surface area contributed by atoms with Crippen LogP contribution in [0.3, 0.4) is 0 Å². The first-order valence-corrected chi connectivity index (χ1v) is 8.47. The van der Waals surface area contributed by atoms with Crippen LogP contribution in [-0.4, -0.2) is 49.6 Å². The van der Waals surface area contributed by atoms with E-state index in [0.717, 1.165) is 35.1 Å². The van der Waals surface area contributed by atoms with Gasteiger partial charge < -0.3 is 5.32 Å². The number of carbonyl (C=O) groups excluding carboxylic acids is 1. The SMILES string of the molecule is CCCCC(=O)NCc1ccc(-c2ccccc2-c2nn[nH]n2)cc1.[Mg]. The summed E-state index contributed by atoms with van der Waals surface area (Å²) in [5.41, 5.74) is 4.12.